The highest BCUT2D eigenvalue weighted by Gasteiger charge is 2.43. The Morgan fingerprint density at radius 2 is 1.89 bits per heavy atom. The number of urea groups is 1. The maximum atomic E-state index is 12.2. The molecular weight excluding hydrogens is 362 g/mol. The molecule has 1 unspecified atom stereocenters. The number of rotatable bonds is 5. The first-order chi connectivity index (χ1) is 13.1. The Morgan fingerprint density at radius 3 is 2.43 bits per heavy atom. The van der Waals surface area contributed by atoms with Crippen LogP contribution in [0.1, 0.15) is 51.4 Å². The fourth-order valence-electron chi connectivity index (χ4n) is 2.74. The van der Waals surface area contributed by atoms with Crippen molar-refractivity contribution < 1.29 is 18.9 Å². The molecule has 3 N–H and O–H groups in total. The highest BCUT2D eigenvalue weighted by atomic mass is 16.5. The molecule has 1 atom stereocenters. The van der Waals surface area contributed by atoms with Gasteiger partial charge < -0.3 is 15.2 Å². The lowest BCUT2D eigenvalue weighted by molar-refractivity contribution is -0.123. The molecule has 2 heterocycles. The number of carbonyl (C=O) groups excluding carboxylic acids is 3. The van der Waals surface area contributed by atoms with Crippen LogP contribution in [0.15, 0.2) is 28.8 Å². The van der Waals surface area contributed by atoms with Crippen molar-refractivity contribution in [1.82, 2.24) is 20.8 Å². The lowest BCUT2D eigenvalue weighted by Crippen LogP contribution is -2.40. The average molecular weight is 385 g/mol. The van der Waals surface area contributed by atoms with Gasteiger partial charge in [0.1, 0.15) is 5.54 Å². The Bertz CT molecular complexity index is 913. The minimum absolute atomic E-state index is 0.193. The van der Waals surface area contributed by atoms with E-state index in [2.05, 4.69) is 26.1 Å². The Balaban J connectivity index is 1.57. The number of anilines is 1. The van der Waals surface area contributed by atoms with Gasteiger partial charge >= 0.3 is 6.03 Å². The van der Waals surface area contributed by atoms with Crippen molar-refractivity contribution in [3.05, 3.63) is 41.5 Å². The molecule has 1 aliphatic rings. The first kappa shape index (κ1) is 19.5. The number of amides is 4. The van der Waals surface area contributed by atoms with Crippen molar-refractivity contribution in [1.29, 1.82) is 0 Å². The summed E-state index contributed by atoms with van der Waals surface area (Å²) < 4.78 is 5.18. The molecular formula is C19H23N5O4. The van der Waals surface area contributed by atoms with Gasteiger partial charge in [0.25, 0.3) is 5.91 Å². The van der Waals surface area contributed by atoms with Crippen LogP contribution in [0, 0.1) is 0 Å². The average Bonchev–Trinajstić information content (AvgIpc) is 3.19. The number of hydrogen-bond donors (Lipinski definition) is 3. The van der Waals surface area contributed by atoms with Crippen LogP contribution >= 0.6 is 0 Å². The first-order valence-corrected chi connectivity index (χ1v) is 8.95. The summed E-state index contributed by atoms with van der Waals surface area (Å²) in [6, 6.07) is 6.21. The highest BCUT2D eigenvalue weighted by Crippen LogP contribution is 2.25. The molecule has 9 nitrogen and oxygen atoms in total. The molecule has 0 spiro atoms. The van der Waals surface area contributed by atoms with Gasteiger partial charge in [0.2, 0.25) is 11.8 Å². The predicted molar refractivity (Wildman–Crippen MR) is 100 cm³/mol. The molecule has 3 rings (SSSR count). The van der Waals surface area contributed by atoms with Crippen molar-refractivity contribution in [2.45, 2.75) is 51.5 Å². The minimum atomic E-state index is -1.12. The third-order valence-electron chi connectivity index (χ3n) is 4.50. The number of carbonyl (C=O) groups is 3. The van der Waals surface area contributed by atoms with Crippen molar-refractivity contribution in [3.63, 3.8) is 0 Å². The van der Waals surface area contributed by atoms with E-state index >= 15 is 0 Å². The molecule has 148 valence electrons. The Hall–Kier alpha value is -3.23. The van der Waals surface area contributed by atoms with E-state index in [4.69, 9.17) is 4.52 Å². The standard InChI is InChI=1S/C19H23N5O4/c1-18(2,3)15-21-14(28-24-15)10-9-13(25)20-12-7-5-11(6-8-12)19(4)16(26)22-17(27)23-19/h5-8H,9-10H2,1-4H3,(H,20,25)(H2,22,23,26,27). The van der Waals surface area contributed by atoms with Crippen LogP contribution in [-0.4, -0.2) is 28.0 Å². The van der Waals surface area contributed by atoms with Gasteiger partial charge in [0.05, 0.1) is 0 Å². The smallest absolute Gasteiger partial charge is 0.322 e. The van der Waals surface area contributed by atoms with Crippen molar-refractivity contribution in [2.24, 2.45) is 0 Å². The molecule has 4 amide bonds. The molecule has 0 radical (unpaired) electrons. The quantitative estimate of drug-likeness (QED) is 0.676. The van der Waals surface area contributed by atoms with E-state index in [-0.39, 0.29) is 17.7 Å². The molecule has 1 aromatic heterocycles. The minimum Gasteiger partial charge on any atom is -0.339 e. The van der Waals surface area contributed by atoms with Crippen molar-refractivity contribution in [3.8, 4) is 0 Å². The molecule has 28 heavy (non-hydrogen) atoms. The summed E-state index contributed by atoms with van der Waals surface area (Å²) in [4.78, 5) is 39.8. The van der Waals surface area contributed by atoms with Gasteiger partial charge in [-0.2, -0.15) is 4.98 Å². The summed E-state index contributed by atoms with van der Waals surface area (Å²) in [6.45, 7) is 7.58. The normalized spacial score (nSPS) is 19.3. The van der Waals surface area contributed by atoms with E-state index in [0.29, 0.717) is 29.4 Å². The second kappa shape index (κ2) is 7.06. The summed E-state index contributed by atoms with van der Waals surface area (Å²) >= 11 is 0. The van der Waals surface area contributed by atoms with Gasteiger partial charge in [0.15, 0.2) is 5.82 Å². The summed E-state index contributed by atoms with van der Waals surface area (Å²) in [5.74, 6) is 0.422. The van der Waals surface area contributed by atoms with E-state index in [0.717, 1.165) is 0 Å². The molecule has 9 heteroatoms. The zero-order valence-electron chi connectivity index (χ0n) is 16.3. The molecule has 0 saturated carbocycles. The monoisotopic (exact) mass is 385 g/mol. The Morgan fingerprint density at radius 1 is 1.21 bits per heavy atom. The van der Waals surface area contributed by atoms with Crippen LogP contribution in [0.2, 0.25) is 0 Å². The second-order valence-corrected chi connectivity index (χ2v) is 7.92. The Labute approximate surface area is 162 Å². The van der Waals surface area contributed by atoms with E-state index < -0.39 is 17.5 Å². The number of aromatic nitrogens is 2. The topological polar surface area (TPSA) is 126 Å². The summed E-state index contributed by atoms with van der Waals surface area (Å²) in [5.41, 5.74) is -0.127. The predicted octanol–water partition coefficient (Wildman–Crippen LogP) is 1.99. The van der Waals surface area contributed by atoms with Crippen LogP contribution in [0.3, 0.4) is 0 Å². The molecule has 0 bridgehead atoms. The van der Waals surface area contributed by atoms with Gasteiger partial charge in [-0.05, 0) is 24.6 Å². The lowest BCUT2D eigenvalue weighted by atomic mass is 9.92. The van der Waals surface area contributed by atoms with Gasteiger partial charge in [-0.3, -0.25) is 14.9 Å². The van der Waals surface area contributed by atoms with Crippen LogP contribution < -0.4 is 16.0 Å². The fourth-order valence-corrected chi connectivity index (χ4v) is 2.74. The van der Waals surface area contributed by atoms with Crippen LogP contribution in [0.25, 0.3) is 0 Å². The van der Waals surface area contributed by atoms with E-state index in [1.165, 1.54) is 0 Å². The van der Waals surface area contributed by atoms with E-state index in [9.17, 15) is 14.4 Å². The molecule has 1 fully saturated rings. The van der Waals surface area contributed by atoms with Crippen LogP contribution in [0.4, 0.5) is 10.5 Å². The van der Waals surface area contributed by atoms with Crippen LogP contribution in [0.5, 0.6) is 0 Å². The van der Waals surface area contributed by atoms with Gasteiger partial charge in [0, 0.05) is 23.9 Å². The van der Waals surface area contributed by atoms with Gasteiger partial charge in [-0.1, -0.05) is 38.1 Å². The molecule has 0 aliphatic carbocycles. The van der Waals surface area contributed by atoms with Gasteiger partial charge in [-0.15, -0.1) is 0 Å². The number of imide groups is 1. The van der Waals surface area contributed by atoms with Crippen molar-refractivity contribution >= 4 is 23.5 Å². The molecule has 1 aromatic carbocycles. The van der Waals surface area contributed by atoms with Gasteiger partial charge in [-0.25, -0.2) is 4.79 Å². The van der Waals surface area contributed by atoms with Crippen LogP contribution in [-0.2, 0) is 27.0 Å². The summed E-state index contributed by atoms with van der Waals surface area (Å²) in [6.07, 6.45) is 0.543. The fraction of sp³-hybridized carbons (Fsp3) is 0.421. The lowest BCUT2D eigenvalue weighted by Gasteiger charge is -2.21. The number of aryl methyl sites for hydroxylation is 1. The number of hydrogen-bond acceptors (Lipinski definition) is 6. The summed E-state index contributed by atoms with van der Waals surface area (Å²) in [7, 11) is 0. The Kier molecular flexibility index (Phi) is 4.93. The molecule has 2 aromatic rings. The zero-order chi connectivity index (χ0) is 20.5. The molecule has 1 aliphatic heterocycles. The number of nitrogens with zero attached hydrogens (tertiary/aromatic N) is 2. The second-order valence-electron chi connectivity index (χ2n) is 7.92. The maximum Gasteiger partial charge on any atom is 0.322 e. The largest absolute Gasteiger partial charge is 0.339 e. The third-order valence-corrected chi connectivity index (χ3v) is 4.50. The van der Waals surface area contributed by atoms with E-state index in [1.54, 1.807) is 31.2 Å². The third kappa shape index (κ3) is 4.03. The van der Waals surface area contributed by atoms with E-state index in [1.807, 2.05) is 20.8 Å². The SMILES string of the molecule is CC(C)(C)c1noc(CCC(=O)Nc2ccc(C3(C)NC(=O)NC3=O)cc2)n1. The highest BCUT2D eigenvalue weighted by molar-refractivity contribution is 6.07. The molecule has 1 saturated heterocycles. The number of nitrogens with one attached hydrogen (secondary N) is 3. The first-order valence-electron chi connectivity index (χ1n) is 8.95. The number of benzene rings is 1. The van der Waals surface area contributed by atoms with Crippen molar-refractivity contribution in [2.75, 3.05) is 5.32 Å². The zero-order valence-corrected chi connectivity index (χ0v) is 16.3. The maximum absolute atomic E-state index is 12.2. The summed E-state index contributed by atoms with van der Waals surface area (Å²) in [5, 5.41) is 11.5.